The lowest BCUT2D eigenvalue weighted by molar-refractivity contribution is -0.117. The second kappa shape index (κ2) is 6.48. The summed E-state index contributed by atoms with van der Waals surface area (Å²) in [7, 11) is 0. The maximum Gasteiger partial charge on any atom is 0.165 e. The van der Waals surface area contributed by atoms with Crippen LogP contribution in [0.1, 0.15) is 19.8 Å². The Kier molecular flexibility index (Phi) is 4.23. The van der Waals surface area contributed by atoms with Gasteiger partial charge < -0.3 is 15.2 Å². The van der Waals surface area contributed by atoms with Crippen LogP contribution in [-0.4, -0.2) is 32.0 Å². The van der Waals surface area contributed by atoms with E-state index in [1.807, 2.05) is 18.3 Å². The maximum absolute atomic E-state index is 10.9. The smallest absolute Gasteiger partial charge is 0.165 e. The van der Waals surface area contributed by atoms with Gasteiger partial charge in [-0.05, 0) is 37.1 Å². The van der Waals surface area contributed by atoms with Gasteiger partial charge in [-0.2, -0.15) is 5.10 Å². The normalized spacial score (nSPS) is 10.8. The van der Waals surface area contributed by atoms with Gasteiger partial charge in [0.05, 0.1) is 6.20 Å². The molecule has 0 aliphatic heterocycles. The van der Waals surface area contributed by atoms with E-state index in [0.717, 1.165) is 23.4 Å². The van der Waals surface area contributed by atoms with Crippen LogP contribution < -0.4 is 5.32 Å². The molecule has 118 valence electrons. The minimum absolute atomic E-state index is 0.192. The fourth-order valence-corrected chi connectivity index (χ4v) is 2.40. The zero-order valence-electron chi connectivity index (χ0n) is 12.9. The van der Waals surface area contributed by atoms with Crippen molar-refractivity contribution >= 4 is 17.2 Å². The minimum atomic E-state index is 0.192. The van der Waals surface area contributed by atoms with Crippen LogP contribution >= 0.6 is 0 Å². The van der Waals surface area contributed by atoms with Gasteiger partial charge in [0.15, 0.2) is 5.65 Å². The van der Waals surface area contributed by atoms with Crippen LogP contribution in [0.4, 0.5) is 5.82 Å². The van der Waals surface area contributed by atoms with Gasteiger partial charge in [-0.25, -0.2) is 9.50 Å². The molecule has 6 nitrogen and oxygen atoms in total. The topological polar surface area (TPSA) is 79.5 Å². The third-order valence-electron chi connectivity index (χ3n) is 3.54. The first-order valence-corrected chi connectivity index (χ1v) is 7.50. The van der Waals surface area contributed by atoms with Crippen molar-refractivity contribution in [2.75, 3.05) is 11.9 Å². The summed E-state index contributed by atoms with van der Waals surface area (Å²) < 4.78 is 1.69. The molecule has 3 rings (SSSR count). The maximum atomic E-state index is 10.9. The first-order valence-electron chi connectivity index (χ1n) is 7.50. The number of carbonyl (C=O) groups excluding carboxylic acids is 1. The predicted octanol–water partition coefficient (Wildman–Crippen LogP) is 2.88. The summed E-state index contributed by atoms with van der Waals surface area (Å²) in [4.78, 5) is 15.5. The summed E-state index contributed by atoms with van der Waals surface area (Å²) in [5, 5.41) is 17.1. The highest BCUT2D eigenvalue weighted by Crippen LogP contribution is 2.26. The molecule has 3 aromatic rings. The highest BCUT2D eigenvalue weighted by molar-refractivity contribution is 5.78. The number of hydrogen-bond donors (Lipinski definition) is 2. The van der Waals surface area contributed by atoms with E-state index in [9.17, 15) is 9.90 Å². The molecule has 0 saturated heterocycles. The number of ketones is 1. The molecule has 0 aliphatic carbocycles. The van der Waals surface area contributed by atoms with Gasteiger partial charge in [-0.3, -0.25) is 0 Å². The van der Waals surface area contributed by atoms with E-state index < -0.39 is 0 Å². The number of hydrogen-bond acceptors (Lipinski definition) is 5. The number of fused-ring (bicyclic) bond motifs is 1. The summed E-state index contributed by atoms with van der Waals surface area (Å²) in [6.45, 7) is 2.29. The van der Waals surface area contributed by atoms with Crippen LogP contribution in [0.2, 0.25) is 0 Å². The van der Waals surface area contributed by atoms with Crippen molar-refractivity contribution in [3.8, 4) is 16.9 Å². The van der Waals surface area contributed by atoms with E-state index in [4.69, 9.17) is 0 Å². The lowest BCUT2D eigenvalue weighted by Gasteiger charge is -2.06. The van der Waals surface area contributed by atoms with Crippen molar-refractivity contribution in [3.63, 3.8) is 0 Å². The molecule has 2 aromatic heterocycles. The highest BCUT2D eigenvalue weighted by Gasteiger charge is 2.09. The lowest BCUT2D eigenvalue weighted by Crippen LogP contribution is -2.06. The molecule has 6 heteroatoms. The van der Waals surface area contributed by atoms with Crippen molar-refractivity contribution < 1.29 is 9.90 Å². The molecule has 0 fully saturated rings. The van der Waals surface area contributed by atoms with E-state index >= 15 is 0 Å². The van der Waals surface area contributed by atoms with Crippen molar-refractivity contribution in [1.29, 1.82) is 0 Å². The summed E-state index contributed by atoms with van der Waals surface area (Å²) >= 11 is 0. The van der Waals surface area contributed by atoms with E-state index in [1.54, 1.807) is 35.8 Å². The van der Waals surface area contributed by atoms with Crippen molar-refractivity contribution in [3.05, 3.63) is 42.7 Å². The monoisotopic (exact) mass is 310 g/mol. The molecule has 0 unspecified atom stereocenters. The number of benzene rings is 1. The van der Waals surface area contributed by atoms with Crippen molar-refractivity contribution in [2.45, 2.75) is 19.8 Å². The van der Waals surface area contributed by atoms with E-state index in [-0.39, 0.29) is 11.5 Å². The number of anilines is 1. The van der Waals surface area contributed by atoms with Crippen LogP contribution in [0.3, 0.4) is 0 Å². The first-order chi connectivity index (χ1) is 11.1. The third kappa shape index (κ3) is 3.48. The molecule has 0 atom stereocenters. The Morgan fingerprint density at radius 2 is 2.22 bits per heavy atom. The molecule has 0 spiro atoms. The van der Waals surface area contributed by atoms with Gasteiger partial charge >= 0.3 is 0 Å². The SMILES string of the molecule is CC(=O)CCCNc1ccn2ncc(-c3cccc(O)c3)c2n1. The highest BCUT2D eigenvalue weighted by atomic mass is 16.3. The first kappa shape index (κ1) is 15.0. The summed E-state index contributed by atoms with van der Waals surface area (Å²) in [6, 6.07) is 8.86. The number of aromatic nitrogens is 3. The fourth-order valence-electron chi connectivity index (χ4n) is 2.40. The Balaban J connectivity index is 1.84. The molecule has 0 radical (unpaired) electrons. The molecule has 2 N–H and O–H groups in total. The Morgan fingerprint density at radius 3 is 3.00 bits per heavy atom. The quantitative estimate of drug-likeness (QED) is 0.684. The zero-order chi connectivity index (χ0) is 16.2. The lowest BCUT2D eigenvalue weighted by atomic mass is 10.1. The van der Waals surface area contributed by atoms with Crippen LogP contribution in [0, 0.1) is 0 Å². The number of nitrogens with one attached hydrogen (secondary N) is 1. The largest absolute Gasteiger partial charge is 0.508 e. The third-order valence-corrected chi connectivity index (χ3v) is 3.54. The van der Waals surface area contributed by atoms with Crippen LogP contribution in [-0.2, 0) is 4.79 Å². The zero-order valence-corrected chi connectivity index (χ0v) is 12.9. The van der Waals surface area contributed by atoms with E-state index in [2.05, 4.69) is 15.4 Å². The second-order valence-electron chi connectivity index (χ2n) is 5.42. The van der Waals surface area contributed by atoms with Crippen molar-refractivity contribution in [1.82, 2.24) is 14.6 Å². The Labute approximate surface area is 133 Å². The van der Waals surface area contributed by atoms with Crippen LogP contribution in [0.25, 0.3) is 16.8 Å². The average molecular weight is 310 g/mol. The molecule has 1 aromatic carbocycles. The van der Waals surface area contributed by atoms with Gasteiger partial charge in [-0.1, -0.05) is 12.1 Å². The van der Waals surface area contributed by atoms with Gasteiger partial charge in [-0.15, -0.1) is 0 Å². The molecule has 0 saturated carbocycles. The number of aromatic hydroxyl groups is 1. The van der Waals surface area contributed by atoms with Gasteiger partial charge in [0.2, 0.25) is 0 Å². The number of phenolic OH excluding ortho intramolecular Hbond substituents is 1. The number of carbonyl (C=O) groups is 1. The van der Waals surface area contributed by atoms with Crippen molar-refractivity contribution in [2.24, 2.45) is 0 Å². The van der Waals surface area contributed by atoms with E-state index in [1.165, 1.54) is 0 Å². The summed E-state index contributed by atoms with van der Waals surface area (Å²) in [5.41, 5.74) is 2.43. The Hall–Kier alpha value is -2.89. The molecule has 0 amide bonds. The second-order valence-corrected chi connectivity index (χ2v) is 5.42. The van der Waals surface area contributed by atoms with Gasteiger partial charge in [0.1, 0.15) is 17.4 Å². The Morgan fingerprint density at radius 1 is 1.35 bits per heavy atom. The number of phenols is 1. The van der Waals surface area contributed by atoms with Gasteiger partial charge in [0, 0.05) is 24.7 Å². The molecule has 0 aliphatic rings. The molecular formula is C17H18N4O2. The molecule has 0 bridgehead atoms. The summed E-state index contributed by atoms with van der Waals surface area (Å²) in [5.74, 6) is 1.14. The Bertz CT molecular complexity index is 841. The van der Waals surface area contributed by atoms with E-state index in [0.29, 0.717) is 18.6 Å². The number of Topliss-reactive ketones (excluding diaryl/α,β-unsaturated/α-hetero) is 1. The van der Waals surface area contributed by atoms with Gasteiger partial charge in [0.25, 0.3) is 0 Å². The average Bonchev–Trinajstić information content (AvgIpc) is 2.94. The standard InChI is InChI=1S/C17H18N4O2/c1-12(22)4-3-8-18-16-7-9-21-17(20-16)15(11-19-21)13-5-2-6-14(23)10-13/h2,5-7,9-11,23H,3-4,8H2,1H3,(H,18,20). The number of rotatable bonds is 6. The molecular weight excluding hydrogens is 292 g/mol. The van der Waals surface area contributed by atoms with Crippen LogP contribution in [0.15, 0.2) is 42.7 Å². The summed E-state index contributed by atoms with van der Waals surface area (Å²) in [6.07, 6.45) is 4.91. The molecule has 23 heavy (non-hydrogen) atoms. The predicted molar refractivity (Wildman–Crippen MR) is 88.5 cm³/mol. The fraction of sp³-hybridized carbons (Fsp3) is 0.235. The molecule has 2 heterocycles. The van der Waals surface area contributed by atoms with Crippen LogP contribution in [0.5, 0.6) is 5.75 Å². The number of nitrogens with zero attached hydrogens (tertiary/aromatic N) is 3. The minimum Gasteiger partial charge on any atom is -0.508 e.